The van der Waals surface area contributed by atoms with E-state index < -0.39 is 0 Å². The van der Waals surface area contributed by atoms with Crippen LogP contribution in [0.5, 0.6) is 5.75 Å². The van der Waals surface area contributed by atoms with Crippen molar-refractivity contribution in [2.45, 2.75) is 40.0 Å². The predicted octanol–water partition coefficient (Wildman–Crippen LogP) is 4.44. The summed E-state index contributed by atoms with van der Waals surface area (Å²) in [6.45, 7) is 6.15. The first-order valence-electron chi connectivity index (χ1n) is 9.60. The number of anilines is 1. The average molecular weight is 379 g/mol. The van der Waals surface area contributed by atoms with Gasteiger partial charge < -0.3 is 10.1 Å². The highest BCUT2D eigenvalue weighted by Gasteiger charge is 2.18. The van der Waals surface area contributed by atoms with E-state index in [-0.39, 0.29) is 12.5 Å². The van der Waals surface area contributed by atoms with Crippen LogP contribution >= 0.6 is 0 Å². The van der Waals surface area contributed by atoms with Crippen LogP contribution in [0.15, 0.2) is 47.1 Å². The van der Waals surface area contributed by atoms with Gasteiger partial charge in [-0.2, -0.15) is 0 Å². The summed E-state index contributed by atoms with van der Waals surface area (Å²) in [7, 11) is 0. The van der Waals surface area contributed by atoms with Gasteiger partial charge in [0, 0.05) is 5.56 Å². The number of carbonyl (C=O) groups is 1. The van der Waals surface area contributed by atoms with Crippen molar-refractivity contribution in [1.29, 1.82) is 0 Å². The zero-order valence-electron chi connectivity index (χ0n) is 16.5. The van der Waals surface area contributed by atoms with Gasteiger partial charge >= 0.3 is 0 Å². The Balaban J connectivity index is 1.70. The zero-order chi connectivity index (χ0) is 19.9. The molecule has 3 rings (SSSR count). The van der Waals surface area contributed by atoms with Crippen LogP contribution in [0, 0.1) is 0 Å². The minimum Gasteiger partial charge on any atom is -0.484 e. The Morgan fingerprint density at radius 3 is 2.36 bits per heavy atom. The van der Waals surface area contributed by atoms with Crippen LogP contribution in [0.2, 0.25) is 0 Å². The van der Waals surface area contributed by atoms with Crippen molar-refractivity contribution in [1.82, 2.24) is 10.3 Å². The third-order valence-corrected chi connectivity index (χ3v) is 4.67. The Kier molecular flexibility index (Phi) is 6.42. The molecule has 0 spiro atoms. The van der Waals surface area contributed by atoms with Gasteiger partial charge in [-0.15, -0.1) is 0 Å². The lowest BCUT2D eigenvalue weighted by Gasteiger charge is -2.09. The van der Waals surface area contributed by atoms with Crippen LogP contribution < -0.4 is 10.1 Å². The molecule has 1 aromatic heterocycles. The Morgan fingerprint density at radius 2 is 1.68 bits per heavy atom. The van der Waals surface area contributed by atoms with Gasteiger partial charge in [-0.3, -0.25) is 4.79 Å². The molecular formula is C22H25N3O3. The molecule has 0 bridgehead atoms. The first kappa shape index (κ1) is 19.6. The summed E-state index contributed by atoms with van der Waals surface area (Å²) in [6, 6.07) is 13.9. The topological polar surface area (TPSA) is 77.2 Å². The molecule has 0 fully saturated rings. The van der Waals surface area contributed by atoms with E-state index in [2.05, 4.69) is 54.6 Å². The number of nitrogens with one attached hydrogen (secondary N) is 1. The quantitative estimate of drug-likeness (QED) is 0.626. The highest BCUT2D eigenvalue weighted by molar-refractivity contribution is 5.94. The maximum absolute atomic E-state index is 12.3. The van der Waals surface area contributed by atoms with E-state index in [0.717, 1.165) is 30.4 Å². The van der Waals surface area contributed by atoms with E-state index >= 15 is 0 Å². The molecule has 0 aliphatic carbocycles. The van der Waals surface area contributed by atoms with E-state index in [1.54, 1.807) is 0 Å². The van der Waals surface area contributed by atoms with Crippen LogP contribution in [0.25, 0.3) is 11.3 Å². The SMILES string of the molecule is CCc1ccc(OCC(=O)Nc2nonc2-c2cc(CC)ccc2CC)cc1. The van der Waals surface area contributed by atoms with Gasteiger partial charge in [0.15, 0.2) is 12.3 Å². The van der Waals surface area contributed by atoms with Gasteiger partial charge in [-0.25, -0.2) is 4.63 Å². The normalized spacial score (nSPS) is 10.7. The fraction of sp³-hybridized carbons (Fsp3) is 0.318. The zero-order valence-corrected chi connectivity index (χ0v) is 16.5. The van der Waals surface area contributed by atoms with Crippen molar-refractivity contribution in [3.8, 4) is 17.0 Å². The molecule has 0 saturated carbocycles. The molecular weight excluding hydrogens is 354 g/mol. The molecule has 1 N–H and O–H groups in total. The largest absolute Gasteiger partial charge is 0.484 e. The van der Waals surface area contributed by atoms with Crippen molar-refractivity contribution in [3.63, 3.8) is 0 Å². The summed E-state index contributed by atoms with van der Waals surface area (Å²) >= 11 is 0. The summed E-state index contributed by atoms with van der Waals surface area (Å²) < 4.78 is 10.5. The number of aromatic nitrogens is 2. The van der Waals surface area contributed by atoms with Gasteiger partial charge in [0.2, 0.25) is 5.82 Å². The van der Waals surface area contributed by atoms with E-state index in [9.17, 15) is 4.79 Å². The summed E-state index contributed by atoms with van der Waals surface area (Å²) in [5, 5.41) is 10.6. The van der Waals surface area contributed by atoms with Gasteiger partial charge in [0.25, 0.3) is 5.91 Å². The van der Waals surface area contributed by atoms with E-state index in [1.807, 2.05) is 24.3 Å². The summed E-state index contributed by atoms with van der Waals surface area (Å²) in [5.41, 5.74) is 4.99. The van der Waals surface area contributed by atoms with Crippen LogP contribution in [-0.2, 0) is 24.1 Å². The van der Waals surface area contributed by atoms with Crippen LogP contribution in [-0.4, -0.2) is 22.8 Å². The number of ether oxygens (including phenoxy) is 1. The van der Waals surface area contributed by atoms with Crippen molar-refractivity contribution in [3.05, 3.63) is 59.2 Å². The maximum Gasteiger partial charge on any atom is 0.263 e. The molecule has 1 heterocycles. The molecule has 28 heavy (non-hydrogen) atoms. The molecule has 0 radical (unpaired) electrons. The highest BCUT2D eigenvalue weighted by atomic mass is 16.6. The van der Waals surface area contributed by atoms with Crippen molar-refractivity contribution in [2.75, 3.05) is 11.9 Å². The predicted molar refractivity (Wildman–Crippen MR) is 108 cm³/mol. The van der Waals surface area contributed by atoms with Gasteiger partial charge in [-0.05, 0) is 64.5 Å². The second kappa shape index (κ2) is 9.17. The molecule has 0 saturated heterocycles. The van der Waals surface area contributed by atoms with Crippen molar-refractivity contribution >= 4 is 11.7 Å². The minimum absolute atomic E-state index is 0.118. The van der Waals surface area contributed by atoms with Gasteiger partial charge in [0.1, 0.15) is 5.75 Å². The van der Waals surface area contributed by atoms with Crippen LogP contribution in [0.3, 0.4) is 0 Å². The summed E-state index contributed by atoms with van der Waals surface area (Å²) in [5.74, 6) is 0.633. The van der Waals surface area contributed by atoms with E-state index in [4.69, 9.17) is 9.37 Å². The molecule has 6 heteroatoms. The number of aryl methyl sites for hydroxylation is 3. The van der Waals surface area contributed by atoms with Gasteiger partial charge in [0.05, 0.1) is 0 Å². The Morgan fingerprint density at radius 1 is 0.964 bits per heavy atom. The number of rotatable bonds is 8. The molecule has 6 nitrogen and oxygen atoms in total. The smallest absolute Gasteiger partial charge is 0.263 e. The van der Waals surface area contributed by atoms with Crippen molar-refractivity contribution in [2.24, 2.45) is 0 Å². The monoisotopic (exact) mass is 379 g/mol. The van der Waals surface area contributed by atoms with Crippen LogP contribution in [0.4, 0.5) is 5.82 Å². The molecule has 2 aromatic carbocycles. The number of carbonyl (C=O) groups excluding carboxylic acids is 1. The Bertz CT molecular complexity index is 932. The standard InChI is InChI=1S/C22H25N3O3/c1-4-15-8-11-18(12-9-15)27-14-20(26)23-22-21(24-28-25-22)19-13-16(5-2)7-10-17(19)6-3/h7-13H,4-6,14H2,1-3H3,(H,23,25,26). The second-order valence-corrected chi connectivity index (χ2v) is 6.49. The fourth-order valence-electron chi connectivity index (χ4n) is 2.96. The summed E-state index contributed by atoms with van der Waals surface area (Å²) in [6.07, 6.45) is 2.72. The number of hydrogen-bond donors (Lipinski definition) is 1. The lowest BCUT2D eigenvalue weighted by atomic mass is 9.98. The lowest BCUT2D eigenvalue weighted by molar-refractivity contribution is -0.118. The highest BCUT2D eigenvalue weighted by Crippen LogP contribution is 2.29. The number of hydrogen-bond acceptors (Lipinski definition) is 5. The van der Waals surface area contributed by atoms with Crippen LogP contribution in [0.1, 0.15) is 37.5 Å². The molecule has 0 aliphatic rings. The molecule has 146 valence electrons. The van der Waals surface area contributed by atoms with E-state index in [0.29, 0.717) is 17.3 Å². The molecule has 3 aromatic rings. The van der Waals surface area contributed by atoms with Gasteiger partial charge in [-0.1, -0.05) is 45.0 Å². The third-order valence-electron chi connectivity index (χ3n) is 4.67. The fourth-order valence-corrected chi connectivity index (χ4v) is 2.96. The molecule has 0 atom stereocenters. The van der Waals surface area contributed by atoms with Crippen molar-refractivity contribution < 1.29 is 14.2 Å². The molecule has 0 unspecified atom stereocenters. The number of nitrogens with zero attached hydrogens (tertiary/aromatic N) is 2. The van der Waals surface area contributed by atoms with E-state index in [1.165, 1.54) is 11.1 Å². The summed E-state index contributed by atoms with van der Waals surface area (Å²) in [4.78, 5) is 12.3. The third kappa shape index (κ3) is 4.57. The number of benzene rings is 2. The average Bonchev–Trinajstić information content (AvgIpc) is 3.19. The Hall–Kier alpha value is -3.15. The molecule has 1 amide bonds. The Labute approximate surface area is 164 Å². The first-order chi connectivity index (χ1) is 13.6. The minimum atomic E-state index is -0.318. The molecule has 0 aliphatic heterocycles. The second-order valence-electron chi connectivity index (χ2n) is 6.49. The lowest BCUT2D eigenvalue weighted by Crippen LogP contribution is -2.20. The maximum atomic E-state index is 12.3. The number of amides is 1. The first-order valence-corrected chi connectivity index (χ1v) is 9.60.